The quantitative estimate of drug-likeness (QED) is 0.282. The Morgan fingerprint density at radius 1 is 1.58 bits per heavy atom. The van der Waals surface area contributed by atoms with Crippen molar-refractivity contribution >= 4 is 11.5 Å². The molecule has 0 aliphatic heterocycles. The molecule has 2 aromatic rings. The summed E-state index contributed by atoms with van der Waals surface area (Å²) in [5, 5.41) is 25.8. The van der Waals surface area contributed by atoms with E-state index in [9.17, 15) is 14.5 Å². The number of nitrogens with two attached hydrogens (primary N) is 1. The van der Waals surface area contributed by atoms with Gasteiger partial charge in [-0.05, 0) is 18.2 Å². The van der Waals surface area contributed by atoms with E-state index in [1.54, 1.807) is 0 Å². The van der Waals surface area contributed by atoms with Gasteiger partial charge in [0.05, 0.1) is 10.6 Å². The molecule has 0 aliphatic carbocycles. The molecule has 19 heavy (non-hydrogen) atoms. The van der Waals surface area contributed by atoms with E-state index in [0.717, 1.165) is 29.2 Å². The van der Waals surface area contributed by atoms with E-state index < -0.39 is 10.7 Å². The Morgan fingerprint density at radius 2 is 2.32 bits per heavy atom. The smallest absolute Gasteiger partial charge is 0.307 e. The summed E-state index contributed by atoms with van der Waals surface area (Å²) >= 11 is 0. The maximum atomic E-state index is 13.2. The zero-order chi connectivity index (χ0) is 14.0. The van der Waals surface area contributed by atoms with Crippen molar-refractivity contribution in [3.8, 4) is 5.69 Å². The molecule has 8 nitrogen and oxygen atoms in total. The van der Waals surface area contributed by atoms with Crippen LogP contribution in [0, 0.1) is 15.9 Å². The van der Waals surface area contributed by atoms with Crippen molar-refractivity contribution in [2.45, 2.75) is 0 Å². The number of amidine groups is 1. The summed E-state index contributed by atoms with van der Waals surface area (Å²) in [6, 6.07) is 3.49. The van der Waals surface area contributed by atoms with Gasteiger partial charge in [-0.3, -0.25) is 10.1 Å². The van der Waals surface area contributed by atoms with E-state index in [2.05, 4.69) is 10.3 Å². The highest BCUT2D eigenvalue weighted by atomic mass is 19.1. The maximum absolute atomic E-state index is 13.2. The number of nitro groups is 1. The SMILES string of the molecule is N/C(=N/O)c1cc(F)ccc1-n1cc([N+](=O)[O-])cn1. The largest absolute Gasteiger partial charge is 0.409 e. The average molecular weight is 265 g/mol. The molecule has 1 heterocycles. The van der Waals surface area contributed by atoms with Gasteiger partial charge in [0.2, 0.25) is 0 Å². The summed E-state index contributed by atoms with van der Waals surface area (Å²) in [7, 11) is 0. The van der Waals surface area contributed by atoms with Gasteiger partial charge >= 0.3 is 5.69 Å². The van der Waals surface area contributed by atoms with E-state index in [1.165, 1.54) is 6.07 Å². The third-order valence-electron chi connectivity index (χ3n) is 2.37. The van der Waals surface area contributed by atoms with Gasteiger partial charge in [0, 0.05) is 5.56 Å². The number of nitrogens with zero attached hydrogens (tertiary/aromatic N) is 4. The van der Waals surface area contributed by atoms with Gasteiger partial charge in [0.1, 0.15) is 18.2 Å². The first kappa shape index (κ1) is 12.5. The van der Waals surface area contributed by atoms with Gasteiger partial charge < -0.3 is 10.9 Å². The van der Waals surface area contributed by atoms with Gasteiger partial charge in [-0.15, -0.1) is 0 Å². The Kier molecular flexibility index (Phi) is 3.10. The molecule has 0 spiro atoms. The van der Waals surface area contributed by atoms with Gasteiger partial charge in [0.15, 0.2) is 5.84 Å². The van der Waals surface area contributed by atoms with Crippen LogP contribution >= 0.6 is 0 Å². The molecule has 0 radical (unpaired) electrons. The van der Waals surface area contributed by atoms with Crippen molar-refractivity contribution in [1.82, 2.24) is 9.78 Å². The van der Waals surface area contributed by atoms with Crippen LogP contribution in [0.3, 0.4) is 0 Å². The molecule has 9 heteroatoms. The Balaban J connectivity index is 2.57. The van der Waals surface area contributed by atoms with Crippen LogP contribution in [0.15, 0.2) is 35.7 Å². The van der Waals surface area contributed by atoms with Crippen molar-refractivity contribution in [2.24, 2.45) is 10.9 Å². The van der Waals surface area contributed by atoms with Crippen molar-refractivity contribution in [2.75, 3.05) is 0 Å². The maximum Gasteiger partial charge on any atom is 0.307 e. The van der Waals surface area contributed by atoms with Crippen LogP contribution in [0.1, 0.15) is 5.56 Å². The fourth-order valence-corrected chi connectivity index (χ4v) is 1.51. The molecule has 0 saturated heterocycles. The second-order valence-corrected chi connectivity index (χ2v) is 3.55. The van der Waals surface area contributed by atoms with Gasteiger partial charge in [-0.25, -0.2) is 9.07 Å². The number of rotatable bonds is 3. The number of halogens is 1. The topological polar surface area (TPSA) is 120 Å². The zero-order valence-corrected chi connectivity index (χ0v) is 9.39. The van der Waals surface area contributed by atoms with Crippen LogP contribution in [0.25, 0.3) is 5.69 Å². The molecule has 0 fully saturated rings. The molecule has 0 amide bonds. The molecule has 98 valence electrons. The predicted octanol–water partition coefficient (Wildman–Crippen LogP) is 1.01. The number of hydrogen-bond acceptors (Lipinski definition) is 5. The highest BCUT2D eigenvalue weighted by Gasteiger charge is 2.15. The molecule has 0 bridgehead atoms. The van der Waals surface area contributed by atoms with Crippen LogP contribution in [0.2, 0.25) is 0 Å². The Hall–Kier alpha value is -2.97. The molecule has 0 aliphatic rings. The lowest BCUT2D eigenvalue weighted by molar-refractivity contribution is -0.384. The van der Waals surface area contributed by atoms with E-state index in [0.29, 0.717) is 0 Å². The van der Waals surface area contributed by atoms with Crippen LogP contribution in [0.4, 0.5) is 10.1 Å². The summed E-state index contributed by atoms with van der Waals surface area (Å²) < 4.78 is 14.3. The fraction of sp³-hybridized carbons (Fsp3) is 0. The van der Waals surface area contributed by atoms with Crippen LogP contribution in [0.5, 0.6) is 0 Å². The zero-order valence-electron chi connectivity index (χ0n) is 9.39. The molecular weight excluding hydrogens is 257 g/mol. The van der Waals surface area contributed by atoms with Crippen LogP contribution in [-0.4, -0.2) is 25.7 Å². The number of hydrogen-bond donors (Lipinski definition) is 2. The fourth-order valence-electron chi connectivity index (χ4n) is 1.51. The molecular formula is C10H8FN5O3. The summed E-state index contributed by atoms with van der Waals surface area (Å²) in [6.07, 6.45) is 2.18. The molecule has 1 aromatic carbocycles. The number of oxime groups is 1. The van der Waals surface area contributed by atoms with Crippen molar-refractivity contribution in [3.05, 3.63) is 52.1 Å². The van der Waals surface area contributed by atoms with Gasteiger partial charge in [-0.1, -0.05) is 5.16 Å². The average Bonchev–Trinajstić information content (AvgIpc) is 2.87. The summed E-state index contributed by atoms with van der Waals surface area (Å²) in [5.74, 6) is -0.917. The van der Waals surface area contributed by atoms with E-state index in [-0.39, 0.29) is 22.8 Å². The van der Waals surface area contributed by atoms with Crippen LogP contribution < -0.4 is 5.73 Å². The molecule has 1 aromatic heterocycles. The normalized spacial score (nSPS) is 11.5. The molecule has 3 N–H and O–H groups in total. The van der Waals surface area contributed by atoms with Gasteiger partial charge in [-0.2, -0.15) is 5.10 Å². The highest BCUT2D eigenvalue weighted by Crippen LogP contribution is 2.18. The lowest BCUT2D eigenvalue weighted by Gasteiger charge is -2.07. The van der Waals surface area contributed by atoms with Crippen LogP contribution in [-0.2, 0) is 0 Å². The second kappa shape index (κ2) is 4.72. The lowest BCUT2D eigenvalue weighted by atomic mass is 10.1. The van der Waals surface area contributed by atoms with Crippen molar-refractivity contribution < 1.29 is 14.5 Å². The molecule has 0 unspecified atom stereocenters. The van der Waals surface area contributed by atoms with Gasteiger partial charge in [0.25, 0.3) is 0 Å². The number of benzene rings is 1. The molecule has 0 saturated carbocycles. The van der Waals surface area contributed by atoms with Crippen molar-refractivity contribution in [1.29, 1.82) is 0 Å². The minimum atomic E-state index is -0.615. The first-order chi connectivity index (χ1) is 9.02. The lowest BCUT2D eigenvalue weighted by Crippen LogP contribution is -2.17. The Morgan fingerprint density at radius 3 is 2.89 bits per heavy atom. The van der Waals surface area contributed by atoms with E-state index in [4.69, 9.17) is 10.9 Å². The standard InChI is InChI=1S/C10H8FN5O3/c11-6-1-2-9(8(3-6)10(12)14-17)15-5-7(4-13-15)16(18)19/h1-5,17H,(H2,12,14). The summed E-state index contributed by atoms with van der Waals surface area (Å²) in [4.78, 5) is 9.96. The monoisotopic (exact) mass is 265 g/mol. The first-order valence-electron chi connectivity index (χ1n) is 5.00. The molecule has 2 rings (SSSR count). The number of aromatic nitrogens is 2. The predicted molar refractivity (Wildman–Crippen MR) is 62.7 cm³/mol. The Bertz CT molecular complexity index is 667. The third kappa shape index (κ3) is 2.34. The highest BCUT2D eigenvalue weighted by molar-refractivity contribution is 6.00. The third-order valence-corrected chi connectivity index (χ3v) is 2.37. The van der Waals surface area contributed by atoms with Crippen molar-refractivity contribution in [3.63, 3.8) is 0 Å². The minimum absolute atomic E-state index is 0.0699. The second-order valence-electron chi connectivity index (χ2n) is 3.55. The minimum Gasteiger partial charge on any atom is -0.409 e. The molecule has 0 atom stereocenters. The first-order valence-corrected chi connectivity index (χ1v) is 5.00. The summed E-state index contributed by atoms with van der Waals surface area (Å²) in [6.45, 7) is 0. The Labute approximate surface area is 105 Å². The van der Waals surface area contributed by atoms with E-state index >= 15 is 0 Å². The summed E-state index contributed by atoms with van der Waals surface area (Å²) in [5.41, 5.74) is 5.52. The van der Waals surface area contributed by atoms with E-state index in [1.807, 2.05) is 0 Å².